The van der Waals surface area contributed by atoms with Gasteiger partial charge in [-0.05, 0) is 23.6 Å². The summed E-state index contributed by atoms with van der Waals surface area (Å²) in [5.41, 5.74) is 13.4. The molecule has 0 atom stereocenters. The second kappa shape index (κ2) is 6.16. The number of rotatable bonds is 2. The molecular weight excluding hydrogens is 398 g/mol. The first-order chi connectivity index (χ1) is 14.6. The van der Waals surface area contributed by atoms with E-state index in [0.29, 0.717) is 34.6 Å². The molecule has 1 fully saturated rings. The van der Waals surface area contributed by atoms with Crippen LogP contribution < -0.4 is 16.4 Å². The average molecular weight is 421 g/mol. The zero-order chi connectivity index (χ0) is 22.1. The summed E-state index contributed by atoms with van der Waals surface area (Å²) in [7, 11) is 0. The van der Waals surface area contributed by atoms with Crippen LogP contribution in [-0.2, 0) is 15.0 Å². The van der Waals surface area contributed by atoms with Crippen LogP contribution in [0.15, 0.2) is 28.9 Å². The Kier molecular flexibility index (Phi) is 3.83. The normalized spacial score (nSPS) is 17.3. The molecular formula is C21H23N7O3. The van der Waals surface area contributed by atoms with Gasteiger partial charge in [0.2, 0.25) is 11.8 Å². The molecule has 4 N–H and O–H groups in total. The van der Waals surface area contributed by atoms with E-state index in [4.69, 9.17) is 15.9 Å². The minimum absolute atomic E-state index is 0.0208. The fraction of sp³-hybridized carbons (Fsp3) is 0.381. The number of anilines is 4. The molecule has 0 bridgehead atoms. The van der Waals surface area contributed by atoms with Crippen LogP contribution in [0.25, 0.3) is 11.1 Å². The molecule has 0 aliphatic carbocycles. The standard InChI is InChI=1S/C21H23N7O3/c1-20(2,3)7-14(29)27-8-21(9-27)16-15(17(22)25-10-24-16)28(18(21)30)11-4-5-13-12(6-11)26-19(23)31-13/h4-6,10H,7-9H2,1-3H3,(H2,23,26)(H2,22,24,25). The Labute approximate surface area is 178 Å². The number of fused-ring (bicyclic) bond motifs is 3. The van der Waals surface area contributed by atoms with Gasteiger partial charge in [0.1, 0.15) is 22.9 Å². The monoisotopic (exact) mass is 421 g/mol. The number of hydrogen-bond donors (Lipinski definition) is 2. The highest BCUT2D eigenvalue weighted by Crippen LogP contribution is 2.51. The van der Waals surface area contributed by atoms with Gasteiger partial charge in [0.05, 0.1) is 11.4 Å². The highest BCUT2D eigenvalue weighted by Gasteiger charge is 2.61. The van der Waals surface area contributed by atoms with Crippen LogP contribution in [0, 0.1) is 5.41 Å². The van der Waals surface area contributed by atoms with Crippen molar-refractivity contribution < 1.29 is 14.0 Å². The van der Waals surface area contributed by atoms with Crippen LogP contribution in [0.4, 0.5) is 23.2 Å². The molecule has 0 saturated carbocycles. The zero-order valence-corrected chi connectivity index (χ0v) is 17.5. The smallest absolute Gasteiger partial charge is 0.292 e. The zero-order valence-electron chi connectivity index (χ0n) is 17.5. The summed E-state index contributed by atoms with van der Waals surface area (Å²) >= 11 is 0. The second-order valence-corrected chi connectivity index (χ2v) is 9.37. The molecule has 0 radical (unpaired) electrons. The van der Waals surface area contributed by atoms with Crippen LogP contribution in [-0.4, -0.2) is 44.8 Å². The predicted molar refractivity (Wildman–Crippen MR) is 114 cm³/mol. The Bertz CT molecular complexity index is 1240. The number of nitrogens with zero attached hydrogens (tertiary/aromatic N) is 5. The number of carbonyl (C=O) groups excluding carboxylic acids is 2. The molecule has 2 aliphatic heterocycles. The van der Waals surface area contributed by atoms with Crippen molar-refractivity contribution >= 4 is 46.1 Å². The minimum atomic E-state index is -0.933. The number of benzene rings is 1. The summed E-state index contributed by atoms with van der Waals surface area (Å²) in [6, 6.07) is 5.20. The maximum Gasteiger partial charge on any atom is 0.292 e. The van der Waals surface area contributed by atoms with E-state index in [9.17, 15) is 9.59 Å². The van der Waals surface area contributed by atoms with E-state index >= 15 is 0 Å². The van der Waals surface area contributed by atoms with Crippen LogP contribution in [0.3, 0.4) is 0 Å². The Morgan fingerprint density at radius 2 is 1.97 bits per heavy atom. The van der Waals surface area contributed by atoms with Gasteiger partial charge in [0, 0.05) is 19.5 Å². The van der Waals surface area contributed by atoms with Gasteiger partial charge in [-0.1, -0.05) is 20.8 Å². The van der Waals surface area contributed by atoms with Crippen molar-refractivity contribution in [2.24, 2.45) is 5.41 Å². The van der Waals surface area contributed by atoms with E-state index in [-0.39, 0.29) is 42.2 Å². The summed E-state index contributed by atoms with van der Waals surface area (Å²) in [4.78, 5) is 42.3. The van der Waals surface area contributed by atoms with Crippen LogP contribution in [0.5, 0.6) is 0 Å². The largest absolute Gasteiger partial charge is 0.424 e. The van der Waals surface area contributed by atoms with Gasteiger partial charge in [0.15, 0.2) is 11.4 Å². The van der Waals surface area contributed by atoms with Crippen molar-refractivity contribution in [1.82, 2.24) is 19.9 Å². The third-order valence-corrected chi connectivity index (χ3v) is 5.74. The third-order valence-electron chi connectivity index (χ3n) is 5.74. The Hall–Kier alpha value is -3.69. The molecule has 160 valence electrons. The number of nitrogens with two attached hydrogens (primary N) is 2. The maximum absolute atomic E-state index is 13.7. The lowest BCUT2D eigenvalue weighted by molar-refractivity contribution is -0.145. The first-order valence-electron chi connectivity index (χ1n) is 9.98. The van der Waals surface area contributed by atoms with Gasteiger partial charge in [-0.3, -0.25) is 14.5 Å². The summed E-state index contributed by atoms with van der Waals surface area (Å²) in [5.74, 6) is 0.0345. The number of carbonyl (C=O) groups is 2. The van der Waals surface area contributed by atoms with Crippen LogP contribution >= 0.6 is 0 Å². The molecule has 3 aromatic rings. The minimum Gasteiger partial charge on any atom is -0.424 e. The summed E-state index contributed by atoms with van der Waals surface area (Å²) < 4.78 is 5.33. The van der Waals surface area contributed by atoms with E-state index < -0.39 is 5.41 Å². The van der Waals surface area contributed by atoms with Crippen LogP contribution in [0.2, 0.25) is 0 Å². The number of oxazole rings is 1. The van der Waals surface area contributed by atoms with E-state index in [0.717, 1.165) is 0 Å². The van der Waals surface area contributed by atoms with Gasteiger partial charge in [-0.25, -0.2) is 9.97 Å². The summed E-state index contributed by atoms with van der Waals surface area (Å²) in [6.07, 6.45) is 1.76. The van der Waals surface area contributed by atoms with Crippen molar-refractivity contribution in [1.29, 1.82) is 0 Å². The molecule has 1 spiro atoms. The molecule has 10 nitrogen and oxygen atoms in total. The molecule has 31 heavy (non-hydrogen) atoms. The van der Waals surface area contributed by atoms with Gasteiger partial charge >= 0.3 is 0 Å². The van der Waals surface area contributed by atoms with Crippen molar-refractivity contribution in [3.8, 4) is 0 Å². The fourth-order valence-electron chi connectivity index (χ4n) is 4.33. The number of amides is 2. The molecule has 4 heterocycles. The molecule has 2 amide bonds. The van der Waals surface area contributed by atoms with Crippen molar-refractivity contribution in [2.75, 3.05) is 29.5 Å². The maximum atomic E-state index is 13.7. The average Bonchev–Trinajstić information content (AvgIpc) is 3.13. The quantitative estimate of drug-likeness (QED) is 0.639. The fourth-order valence-corrected chi connectivity index (χ4v) is 4.33. The highest BCUT2D eigenvalue weighted by molar-refractivity contribution is 6.16. The van der Waals surface area contributed by atoms with Crippen molar-refractivity contribution in [2.45, 2.75) is 32.6 Å². The number of aromatic nitrogens is 3. The van der Waals surface area contributed by atoms with Crippen LogP contribution in [0.1, 0.15) is 32.9 Å². The molecule has 1 aromatic carbocycles. The number of likely N-dealkylation sites (tertiary alicyclic amines) is 1. The second-order valence-electron chi connectivity index (χ2n) is 9.37. The lowest BCUT2D eigenvalue weighted by atomic mass is 9.76. The Morgan fingerprint density at radius 3 is 2.68 bits per heavy atom. The molecule has 10 heteroatoms. The van der Waals surface area contributed by atoms with E-state index in [1.165, 1.54) is 11.2 Å². The van der Waals surface area contributed by atoms with E-state index in [1.807, 2.05) is 20.8 Å². The highest BCUT2D eigenvalue weighted by atomic mass is 16.4. The number of nitrogen functional groups attached to an aromatic ring is 2. The van der Waals surface area contributed by atoms with Gasteiger partial charge < -0.3 is 20.8 Å². The molecule has 2 aliphatic rings. The summed E-state index contributed by atoms with van der Waals surface area (Å²) in [6.45, 7) is 6.57. The van der Waals surface area contributed by atoms with E-state index in [1.54, 1.807) is 23.1 Å². The summed E-state index contributed by atoms with van der Waals surface area (Å²) in [5, 5.41) is 0. The van der Waals surface area contributed by atoms with Gasteiger partial charge in [0.25, 0.3) is 6.01 Å². The lowest BCUT2D eigenvalue weighted by Gasteiger charge is -2.46. The van der Waals surface area contributed by atoms with Gasteiger partial charge in [-0.15, -0.1) is 0 Å². The SMILES string of the molecule is CC(C)(C)CC(=O)N1CC2(C1)C(=O)N(c1ccc3oc(N)nc3c1)c1c(N)ncnc12. The van der Waals surface area contributed by atoms with Crippen molar-refractivity contribution in [3.63, 3.8) is 0 Å². The Morgan fingerprint density at radius 1 is 1.23 bits per heavy atom. The predicted octanol–water partition coefficient (Wildman–Crippen LogP) is 1.98. The van der Waals surface area contributed by atoms with E-state index in [2.05, 4.69) is 15.0 Å². The molecule has 0 unspecified atom stereocenters. The third kappa shape index (κ3) is 2.82. The lowest BCUT2D eigenvalue weighted by Crippen LogP contribution is -2.65. The Balaban J connectivity index is 1.54. The topological polar surface area (TPSA) is 144 Å². The van der Waals surface area contributed by atoms with Crippen molar-refractivity contribution in [3.05, 3.63) is 30.2 Å². The number of hydrogen-bond acceptors (Lipinski definition) is 8. The molecule has 1 saturated heterocycles. The molecule has 2 aromatic heterocycles. The molecule has 5 rings (SSSR count). The first-order valence-corrected chi connectivity index (χ1v) is 9.98. The first kappa shape index (κ1) is 19.3. The van der Waals surface area contributed by atoms with Gasteiger partial charge in [-0.2, -0.15) is 4.98 Å².